The lowest BCUT2D eigenvalue weighted by Crippen LogP contribution is -2.16. The number of nitrogens with zero attached hydrogens (tertiary/aromatic N) is 3. The van der Waals surface area contributed by atoms with E-state index >= 15 is 0 Å². The molecule has 0 fully saturated rings. The van der Waals surface area contributed by atoms with Crippen LogP contribution < -0.4 is 4.80 Å². The zero-order chi connectivity index (χ0) is 18.0. The number of hydrogen-bond acceptors (Lipinski definition) is 4. The smallest absolute Gasteiger partial charge is 0.279 e. The Kier molecular flexibility index (Phi) is 4.65. The van der Waals surface area contributed by atoms with Gasteiger partial charge in [-0.05, 0) is 24.3 Å². The van der Waals surface area contributed by atoms with E-state index in [4.69, 9.17) is 18.0 Å². The van der Waals surface area contributed by atoms with Crippen LogP contribution >= 0.6 is 22.9 Å². The Balaban J connectivity index is 2.17. The van der Waals surface area contributed by atoms with Crippen molar-refractivity contribution in [3.05, 3.63) is 68.0 Å². The van der Waals surface area contributed by atoms with Crippen LogP contribution in [0.2, 0.25) is 5.02 Å². The number of halogens is 1. The first-order valence-electron chi connectivity index (χ1n) is 7.05. The van der Waals surface area contributed by atoms with Crippen LogP contribution in [-0.4, -0.2) is 15.4 Å². The Morgan fingerprint density at radius 2 is 2.16 bits per heavy atom. The number of carbonyl (C=O) groups excluding carboxylic acids is 1. The molecule has 0 aliphatic carbocycles. The van der Waals surface area contributed by atoms with Crippen LogP contribution in [-0.2, 0) is 6.54 Å². The predicted molar refractivity (Wildman–Crippen MR) is 96.6 cm³/mol. The summed E-state index contributed by atoms with van der Waals surface area (Å²) in [4.78, 5) is 27.3. The van der Waals surface area contributed by atoms with Crippen LogP contribution in [0, 0.1) is 22.5 Å². The molecule has 0 unspecified atom stereocenters. The molecule has 0 N–H and O–H groups in total. The first-order chi connectivity index (χ1) is 12.0. The largest absolute Gasteiger partial charge is 0.305 e. The van der Waals surface area contributed by atoms with Crippen LogP contribution in [0.4, 0.5) is 5.69 Å². The molecule has 6 nitrogen and oxygen atoms in total. The van der Waals surface area contributed by atoms with Crippen molar-refractivity contribution in [2.75, 3.05) is 0 Å². The Morgan fingerprint density at radius 1 is 1.36 bits per heavy atom. The minimum absolute atomic E-state index is 0.0330. The van der Waals surface area contributed by atoms with Crippen molar-refractivity contribution in [2.24, 2.45) is 4.99 Å². The summed E-state index contributed by atoms with van der Waals surface area (Å²) in [7, 11) is 0. The van der Waals surface area contributed by atoms with Crippen molar-refractivity contribution >= 4 is 44.7 Å². The summed E-state index contributed by atoms with van der Waals surface area (Å²) in [6, 6.07) is 10.9. The molecule has 3 aromatic rings. The first-order valence-corrected chi connectivity index (χ1v) is 8.25. The van der Waals surface area contributed by atoms with Gasteiger partial charge in [0.05, 0.1) is 21.7 Å². The zero-order valence-corrected chi connectivity index (χ0v) is 14.3. The molecule has 124 valence electrons. The van der Waals surface area contributed by atoms with E-state index in [-0.39, 0.29) is 12.2 Å². The summed E-state index contributed by atoms with van der Waals surface area (Å²) in [6.45, 7) is 0.194. The van der Waals surface area contributed by atoms with Crippen molar-refractivity contribution < 1.29 is 9.72 Å². The molecule has 0 aliphatic heterocycles. The highest BCUT2D eigenvalue weighted by Crippen LogP contribution is 2.23. The molecule has 1 heterocycles. The summed E-state index contributed by atoms with van der Waals surface area (Å²) >= 11 is 7.06. The van der Waals surface area contributed by atoms with Gasteiger partial charge >= 0.3 is 0 Å². The highest BCUT2D eigenvalue weighted by atomic mass is 35.5. The third kappa shape index (κ3) is 3.45. The number of benzene rings is 2. The molecule has 8 heteroatoms. The Morgan fingerprint density at radius 3 is 2.84 bits per heavy atom. The number of nitro groups is 1. The second kappa shape index (κ2) is 6.89. The van der Waals surface area contributed by atoms with Gasteiger partial charge in [0.25, 0.3) is 11.6 Å². The van der Waals surface area contributed by atoms with Gasteiger partial charge in [0.1, 0.15) is 0 Å². The van der Waals surface area contributed by atoms with Gasteiger partial charge < -0.3 is 4.57 Å². The number of non-ortho nitro benzene ring substituents is 1. The van der Waals surface area contributed by atoms with E-state index in [0.717, 1.165) is 0 Å². The molecule has 0 aliphatic rings. The Hall–Kier alpha value is -2.95. The van der Waals surface area contributed by atoms with Crippen molar-refractivity contribution in [1.29, 1.82) is 0 Å². The van der Waals surface area contributed by atoms with Gasteiger partial charge in [0.15, 0.2) is 4.80 Å². The zero-order valence-electron chi connectivity index (χ0n) is 12.7. The maximum Gasteiger partial charge on any atom is 0.279 e. The van der Waals surface area contributed by atoms with Crippen molar-refractivity contribution in [1.82, 2.24) is 4.57 Å². The first kappa shape index (κ1) is 16.9. The van der Waals surface area contributed by atoms with Gasteiger partial charge in [-0.3, -0.25) is 14.9 Å². The van der Waals surface area contributed by atoms with Crippen LogP contribution in [0.25, 0.3) is 10.2 Å². The molecule has 1 amide bonds. The highest BCUT2D eigenvalue weighted by molar-refractivity contribution is 7.16. The molecule has 3 rings (SSSR count). The summed E-state index contributed by atoms with van der Waals surface area (Å²) in [6.07, 6.45) is 5.40. The van der Waals surface area contributed by atoms with E-state index in [0.29, 0.717) is 25.6 Å². The van der Waals surface area contributed by atoms with Gasteiger partial charge in [-0.15, -0.1) is 6.42 Å². The molecular formula is C17H10ClN3O3S. The van der Waals surface area contributed by atoms with Crippen LogP contribution in [0.15, 0.2) is 47.5 Å². The Bertz CT molecular complexity index is 1110. The molecule has 0 bridgehead atoms. The maximum atomic E-state index is 12.4. The summed E-state index contributed by atoms with van der Waals surface area (Å²) in [5.74, 6) is 2.04. The van der Waals surface area contributed by atoms with Gasteiger partial charge in [0, 0.05) is 22.7 Å². The second-order valence-electron chi connectivity index (χ2n) is 5.01. The van der Waals surface area contributed by atoms with Crippen LogP contribution in [0.1, 0.15) is 10.4 Å². The number of thiazole rings is 1. The molecule has 0 saturated heterocycles. The van der Waals surface area contributed by atoms with Crippen LogP contribution in [0.5, 0.6) is 0 Å². The SMILES string of the molecule is C#CCn1c(=NC(=O)c2cccc(Cl)c2)sc2cc([N+](=O)[O-])ccc21. The Labute approximate surface area is 151 Å². The minimum atomic E-state index is -0.474. The molecule has 25 heavy (non-hydrogen) atoms. The van der Waals surface area contributed by atoms with Crippen molar-refractivity contribution in [3.8, 4) is 12.3 Å². The fraction of sp³-hybridized carbons (Fsp3) is 0.0588. The van der Waals surface area contributed by atoms with Crippen molar-refractivity contribution in [3.63, 3.8) is 0 Å². The predicted octanol–water partition coefficient (Wildman–Crippen LogP) is 3.64. The third-order valence-electron chi connectivity index (χ3n) is 3.40. The number of nitro benzene ring substituents is 1. The molecular weight excluding hydrogens is 362 g/mol. The second-order valence-corrected chi connectivity index (χ2v) is 6.46. The van der Waals surface area contributed by atoms with Gasteiger partial charge in [-0.2, -0.15) is 4.99 Å². The number of hydrogen-bond donors (Lipinski definition) is 0. The summed E-state index contributed by atoms with van der Waals surface area (Å²) < 4.78 is 2.30. The minimum Gasteiger partial charge on any atom is -0.305 e. The van der Waals surface area contributed by atoms with Gasteiger partial charge in [0.2, 0.25) is 0 Å². The molecule has 0 saturated carbocycles. The third-order valence-corrected chi connectivity index (χ3v) is 4.67. The lowest BCUT2D eigenvalue weighted by Gasteiger charge is -2.00. The monoisotopic (exact) mass is 371 g/mol. The topological polar surface area (TPSA) is 77.5 Å². The number of amides is 1. The number of fused-ring (bicyclic) bond motifs is 1. The lowest BCUT2D eigenvalue weighted by atomic mass is 10.2. The molecule has 0 spiro atoms. The lowest BCUT2D eigenvalue weighted by molar-refractivity contribution is -0.384. The van der Waals surface area contributed by atoms with E-state index in [1.807, 2.05) is 0 Å². The van der Waals surface area contributed by atoms with E-state index in [2.05, 4.69) is 10.9 Å². The van der Waals surface area contributed by atoms with Crippen molar-refractivity contribution in [2.45, 2.75) is 6.54 Å². The fourth-order valence-corrected chi connectivity index (χ4v) is 3.53. The van der Waals surface area contributed by atoms with Gasteiger partial charge in [-0.25, -0.2) is 0 Å². The summed E-state index contributed by atoms with van der Waals surface area (Å²) in [5.41, 5.74) is 1.00. The standard InChI is InChI=1S/C17H10ClN3O3S/c1-2-8-20-14-7-6-13(21(23)24)10-15(14)25-17(20)19-16(22)11-4-3-5-12(18)9-11/h1,3-7,9-10H,8H2. The average Bonchev–Trinajstić information content (AvgIpc) is 2.92. The maximum absolute atomic E-state index is 12.4. The molecule has 0 radical (unpaired) electrons. The van der Waals surface area contributed by atoms with E-state index < -0.39 is 10.8 Å². The average molecular weight is 372 g/mol. The van der Waals surface area contributed by atoms with Crippen LogP contribution in [0.3, 0.4) is 0 Å². The normalized spacial score (nSPS) is 11.4. The number of rotatable bonds is 3. The fourth-order valence-electron chi connectivity index (χ4n) is 2.28. The highest BCUT2D eigenvalue weighted by Gasteiger charge is 2.13. The number of terminal acetylenes is 1. The quantitative estimate of drug-likeness (QED) is 0.400. The molecule has 0 atom stereocenters. The van der Waals surface area contributed by atoms with E-state index in [1.54, 1.807) is 28.8 Å². The number of carbonyl (C=O) groups is 1. The van der Waals surface area contributed by atoms with E-state index in [9.17, 15) is 14.9 Å². The van der Waals surface area contributed by atoms with E-state index in [1.165, 1.54) is 29.5 Å². The summed E-state index contributed by atoms with van der Waals surface area (Å²) in [5, 5.41) is 11.4. The number of aromatic nitrogens is 1. The molecule has 1 aromatic heterocycles. The molecule has 2 aromatic carbocycles. The van der Waals surface area contributed by atoms with Gasteiger partial charge in [-0.1, -0.05) is 34.9 Å².